The molecule has 0 unspecified atom stereocenters. The van der Waals surface area contributed by atoms with Gasteiger partial charge in [-0.25, -0.2) is 4.98 Å². The molecular weight excluding hydrogens is 302 g/mol. The van der Waals surface area contributed by atoms with Crippen LogP contribution in [-0.2, 0) is 0 Å². The van der Waals surface area contributed by atoms with E-state index in [4.69, 9.17) is 5.26 Å². The number of aromatic nitrogens is 2. The highest BCUT2D eigenvalue weighted by atomic mass is 32.2. The number of aryl methyl sites for hydroxylation is 2. The highest BCUT2D eigenvalue weighted by Gasteiger charge is 2.18. The van der Waals surface area contributed by atoms with Crippen molar-refractivity contribution in [1.82, 2.24) is 9.55 Å². The Balaban J connectivity index is 2.62. The normalized spacial score (nSPS) is 12.8. The fourth-order valence-electron chi connectivity index (χ4n) is 2.08. The van der Waals surface area contributed by atoms with Gasteiger partial charge in [0.15, 0.2) is 5.16 Å². The van der Waals surface area contributed by atoms with Crippen molar-refractivity contribution in [1.29, 1.82) is 5.26 Å². The molecule has 0 fully saturated rings. The second-order valence-electron chi connectivity index (χ2n) is 5.47. The Bertz CT molecular complexity index is 768. The lowest BCUT2D eigenvalue weighted by molar-refractivity contribution is 0.519. The number of nitrogens with zero attached hydrogens (tertiary/aromatic N) is 3. The van der Waals surface area contributed by atoms with Crippen LogP contribution in [0.3, 0.4) is 0 Å². The van der Waals surface area contributed by atoms with Gasteiger partial charge in [0.2, 0.25) is 0 Å². The van der Waals surface area contributed by atoms with Gasteiger partial charge in [-0.15, -0.1) is 11.3 Å². The van der Waals surface area contributed by atoms with Gasteiger partial charge < -0.3 is 0 Å². The zero-order valence-corrected chi connectivity index (χ0v) is 14.6. The molecule has 6 heteroatoms. The maximum Gasteiger partial charge on any atom is 0.263 e. The summed E-state index contributed by atoms with van der Waals surface area (Å²) in [5, 5.41) is 10.4. The van der Waals surface area contributed by atoms with Crippen LogP contribution in [0.15, 0.2) is 9.95 Å². The van der Waals surface area contributed by atoms with E-state index in [1.54, 1.807) is 15.9 Å². The van der Waals surface area contributed by atoms with E-state index < -0.39 is 0 Å². The monoisotopic (exact) mass is 321 g/mol. The van der Waals surface area contributed by atoms with Crippen LogP contribution < -0.4 is 5.56 Å². The van der Waals surface area contributed by atoms with E-state index >= 15 is 0 Å². The summed E-state index contributed by atoms with van der Waals surface area (Å²) in [6.45, 7) is 9.85. The topological polar surface area (TPSA) is 58.7 Å². The van der Waals surface area contributed by atoms with Crippen LogP contribution in [0.1, 0.15) is 37.3 Å². The number of nitriles is 1. The highest BCUT2D eigenvalue weighted by molar-refractivity contribution is 7.99. The van der Waals surface area contributed by atoms with Crippen molar-refractivity contribution in [2.45, 2.75) is 45.8 Å². The smallest absolute Gasteiger partial charge is 0.263 e. The third kappa shape index (κ3) is 2.99. The van der Waals surface area contributed by atoms with Crippen LogP contribution in [0.4, 0.5) is 0 Å². The minimum atomic E-state index is -0.0602. The fraction of sp³-hybridized carbons (Fsp3) is 0.533. The molecule has 0 saturated heterocycles. The van der Waals surface area contributed by atoms with Crippen LogP contribution in [0.25, 0.3) is 10.2 Å². The van der Waals surface area contributed by atoms with Crippen LogP contribution in [0.5, 0.6) is 0 Å². The molecule has 0 amide bonds. The quantitative estimate of drug-likeness (QED) is 0.633. The summed E-state index contributed by atoms with van der Waals surface area (Å²) in [5.74, 6) is 0.583. The van der Waals surface area contributed by atoms with Crippen molar-refractivity contribution < 1.29 is 0 Å². The molecule has 0 aliphatic rings. The first-order valence-corrected chi connectivity index (χ1v) is 8.71. The number of hydrogen-bond acceptors (Lipinski definition) is 5. The first kappa shape index (κ1) is 16.1. The van der Waals surface area contributed by atoms with Crippen molar-refractivity contribution in [3.05, 3.63) is 20.8 Å². The first-order chi connectivity index (χ1) is 9.86. The van der Waals surface area contributed by atoms with Gasteiger partial charge >= 0.3 is 0 Å². The summed E-state index contributed by atoms with van der Waals surface area (Å²) < 4.78 is 1.75. The summed E-state index contributed by atoms with van der Waals surface area (Å²) in [7, 11) is 0. The molecule has 0 aliphatic carbocycles. The molecule has 4 nitrogen and oxygen atoms in total. The minimum Gasteiger partial charge on any atom is -0.284 e. The largest absolute Gasteiger partial charge is 0.284 e. The van der Waals surface area contributed by atoms with Gasteiger partial charge in [-0.05, 0) is 40.2 Å². The van der Waals surface area contributed by atoms with Crippen LogP contribution in [0.2, 0.25) is 0 Å². The van der Waals surface area contributed by atoms with E-state index in [1.165, 1.54) is 11.8 Å². The molecule has 0 aromatic carbocycles. The molecule has 112 valence electrons. The zero-order chi connectivity index (χ0) is 15.7. The number of rotatable bonds is 4. The van der Waals surface area contributed by atoms with Gasteiger partial charge in [0.1, 0.15) is 4.83 Å². The molecule has 0 aliphatic heterocycles. The summed E-state index contributed by atoms with van der Waals surface area (Å²) >= 11 is 3.05. The van der Waals surface area contributed by atoms with Gasteiger partial charge in [-0.2, -0.15) is 5.26 Å². The van der Waals surface area contributed by atoms with E-state index in [0.717, 1.165) is 20.7 Å². The fourth-order valence-corrected chi connectivity index (χ4v) is 4.22. The summed E-state index contributed by atoms with van der Waals surface area (Å²) in [4.78, 5) is 19.4. The van der Waals surface area contributed by atoms with Gasteiger partial charge in [0, 0.05) is 16.7 Å². The number of thiophene rings is 1. The van der Waals surface area contributed by atoms with Gasteiger partial charge in [0.25, 0.3) is 5.56 Å². The van der Waals surface area contributed by atoms with Crippen LogP contribution >= 0.6 is 23.1 Å². The predicted molar refractivity (Wildman–Crippen MR) is 89.2 cm³/mol. The molecule has 21 heavy (non-hydrogen) atoms. The lowest BCUT2D eigenvalue weighted by atomic mass is 10.2. The van der Waals surface area contributed by atoms with Gasteiger partial charge in [-0.1, -0.05) is 11.8 Å². The molecule has 2 aromatic heterocycles. The molecule has 0 radical (unpaired) electrons. The lowest BCUT2D eigenvalue weighted by Gasteiger charge is -2.15. The first-order valence-electron chi connectivity index (χ1n) is 6.91. The second-order valence-corrected chi connectivity index (χ2v) is 7.66. The van der Waals surface area contributed by atoms with Gasteiger partial charge in [-0.3, -0.25) is 9.36 Å². The maximum absolute atomic E-state index is 12.8. The van der Waals surface area contributed by atoms with Crippen LogP contribution in [-0.4, -0.2) is 15.3 Å². The van der Waals surface area contributed by atoms with Crippen molar-refractivity contribution >= 4 is 33.3 Å². The summed E-state index contributed by atoms with van der Waals surface area (Å²) in [6.07, 6.45) is 0. The number of hydrogen-bond donors (Lipinski definition) is 0. The molecule has 2 aromatic rings. The standard InChI is InChI=1S/C15H19N3OS2/c1-8(2)18-14(19)12-10(4)11(5)21-13(12)17-15(18)20-7-9(3)6-16/h8-9H,7H2,1-5H3/t9-/m1/s1. The predicted octanol–water partition coefficient (Wildman–Crippen LogP) is 3.91. The number of fused-ring (bicyclic) bond motifs is 1. The molecule has 0 N–H and O–H groups in total. The van der Waals surface area contributed by atoms with E-state index in [2.05, 4.69) is 11.1 Å². The lowest BCUT2D eigenvalue weighted by Crippen LogP contribution is -2.25. The maximum atomic E-state index is 12.8. The Labute approximate surface area is 132 Å². The Kier molecular flexibility index (Phi) is 4.74. The van der Waals surface area contributed by atoms with Crippen molar-refractivity contribution in [2.75, 3.05) is 5.75 Å². The highest BCUT2D eigenvalue weighted by Crippen LogP contribution is 2.29. The van der Waals surface area contributed by atoms with Crippen LogP contribution in [0, 0.1) is 31.1 Å². The molecule has 2 heterocycles. The van der Waals surface area contributed by atoms with E-state index in [9.17, 15) is 4.79 Å². The Hall–Kier alpha value is -1.32. The Morgan fingerprint density at radius 1 is 1.38 bits per heavy atom. The SMILES string of the molecule is Cc1sc2nc(SC[C@H](C)C#N)n(C(C)C)c(=O)c2c1C. The van der Waals surface area contributed by atoms with Crippen molar-refractivity contribution in [2.24, 2.45) is 5.92 Å². The van der Waals surface area contributed by atoms with E-state index in [1.807, 2.05) is 34.6 Å². The third-order valence-corrected chi connectivity index (χ3v) is 5.72. The second kappa shape index (κ2) is 6.20. The molecule has 0 bridgehead atoms. The molecular formula is C15H19N3OS2. The molecule has 2 rings (SSSR count). The van der Waals surface area contributed by atoms with Gasteiger partial charge in [0.05, 0.1) is 17.4 Å². The molecule has 0 spiro atoms. The van der Waals surface area contributed by atoms with E-state index in [-0.39, 0.29) is 17.5 Å². The average Bonchev–Trinajstić information content (AvgIpc) is 2.71. The summed E-state index contributed by atoms with van der Waals surface area (Å²) in [6, 6.07) is 2.27. The summed E-state index contributed by atoms with van der Waals surface area (Å²) in [5.41, 5.74) is 1.06. The van der Waals surface area contributed by atoms with Crippen molar-refractivity contribution in [3.63, 3.8) is 0 Å². The number of thioether (sulfide) groups is 1. The third-order valence-electron chi connectivity index (χ3n) is 3.40. The molecule has 0 saturated carbocycles. The van der Waals surface area contributed by atoms with E-state index in [0.29, 0.717) is 10.9 Å². The minimum absolute atomic E-state index is 0.0314. The average molecular weight is 321 g/mol. The Morgan fingerprint density at radius 2 is 2.05 bits per heavy atom. The van der Waals surface area contributed by atoms with Crippen molar-refractivity contribution in [3.8, 4) is 6.07 Å². The molecule has 1 atom stereocenters. The Morgan fingerprint density at radius 3 is 2.62 bits per heavy atom. The zero-order valence-electron chi connectivity index (χ0n) is 12.9.